The van der Waals surface area contributed by atoms with Crippen molar-refractivity contribution in [2.75, 3.05) is 13.1 Å². The molecule has 0 bridgehead atoms. The van der Waals surface area contributed by atoms with Crippen LogP contribution in [0.1, 0.15) is 32.3 Å². The number of sulfone groups is 1. The molecule has 2 aromatic carbocycles. The first-order chi connectivity index (χ1) is 14.4. The third kappa shape index (κ3) is 4.73. The predicted octanol–water partition coefficient (Wildman–Crippen LogP) is 4.40. The zero-order valence-corrected chi connectivity index (χ0v) is 18.2. The van der Waals surface area contributed by atoms with Crippen LogP contribution in [0.3, 0.4) is 0 Å². The van der Waals surface area contributed by atoms with Crippen LogP contribution in [-0.4, -0.2) is 36.9 Å². The van der Waals surface area contributed by atoms with Gasteiger partial charge in [0, 0.05) is 35.8 Å². The summed E-state index contributed by atoms with van der Waals surface area (Å²) in [6.07, 6.45) is 3.43. The number of carbonyl (C=O) groups is 1. The number of rotatable bonds is 9. The molecule has 160 valence electrons. The van der Waals surface area contributed by atoms with Crippen LogP contribution in [0.15, 0.2) is 59.6 Å². The van der Waals surface area contributed by atoms with Gasteiger partial charge in [-0.1, -0.05) is 49.7 Å². The fourth-order valence-electron chi connectivity index (χ4n) is 3.54. The molecule has 0 aliphatic rings. The molecule has 0 fully saturated rings. The summed E-state index contributed by atoms with van der Waals surface area (Å²) in [5.74, 6) is -1.03. The van der Waals surface area contributed by atoms with Gasteiger partial charge in [0.1, 0.15) is 12.4 Å². The molecule has 1 amide bonds. The SMILES string of the molecule is CCCCN(CC)C(=O)Cn1cc(S(=O)(=O)Cc2ccccc2F)c2ccccc21. The van der Waals surface area contributed by atoms with E-state index < -0.39 is 21.4 Å². The third-order valence-electron chi connectivity index (χ3n) is 5.21. The van der Waals surface area contributed by atoms with Gasteiger partial charge in [-0.3, -0.25) is 4.79 Å². The standard InChI is InChI=1S/C23H27FN2O3S/c1-3-5-14-25(4-2)23(27)16-26-15-22(19-11-7-9-13-21(19)26)30(28,29)17-18-10-6-8-12-20(18)24/h6-13,15H,3-5,14,16-17H2,1-2H3. The lowest BCUT2D eigenvalue weighted by Crippen LogP contribution is -2.34. The number of hydrogen-bond donors (Lipinski definition) is 0. The van der Waals surface area contributed by atoms with Crippen LogP contribution in [0.2, 0.25) is 0 Å². The maximum Gasteiger partial charge on any atom is 0.242 e. The molecule has 0 aliphatic heterocycles. The van der Waals surface area contributed by atoms with E-state index in [0.717, 1.165) is 12.8 Å². The molecule has 0 unspecified atom stereocenters. The van der Waals surface area contributed by atoms with Crippen molar-refractivity contribution in [2.24, 2.45) is 0 Å². The van der Waals surface area contributed by atoms with Gasteiger partial charge in [-0.2, -0.15) is 0 Å². The summed E-state index contributed by atoms with van der Waals surface area (Å²) in [6.45, 7) is 5.36. The van der Waals surface area contributed by atoms with Gasteiger partial charge >= 0.3 is 0 Å². The quantitative estimate of drug-likeness (QED) is 0.505. The van der Waals surface area contributed by atoms with E-state index in [1.165, 1.54) is 24.4 Å². The Hall–Kier alpha value is -2.67. The number of hydrogen-bond acceptors (Lipinski definition) is 3. The average molecular weight is 431 g/mol. The van der Waals surface area contributed by atoms with Gasteiger partial charge in [0.25, 0.3) is 0 Å². The summed E-state index contributed by atoms with van der Waals surface area (Å²) in [5.41, 5.74) is 0.798. The van der Waals surface area contributed by atoms with Crippen molar-refractivity contribution in [1.82, 2.24) is 9.47 Å². The lowest BCUT2D eigenvalue weighted by atomic mass is 10.2. The number of fused-ring (bicyclic) bond motifs is 1. The Kier molecular flexibility index (Phi) is 6.92. The second-order valence-corrected chi connectivity index (χ2v) is 9.27. The number of aromatic nitrogens is 1. The van der Waals surface area contributed by atoms with E-state index in [-0.39, 0.29) is 22.9 Å². The van der Waals surface area contributed by atoms with Crippen molar-refractivity contribution in [2.45, 2.75) is 43.9 Å². The van der Waals surface area contributed by atoms with E-state index in [2.05, 4.69) is 6.92 Å². The molecule has 1 heterocycles. The maximum atomic E-state index is 14.0. The molecular weight excluding hydrogens is 403 g/mol. The number of amides is 1. The second kappa shape index (κ2) is 9.43. The van der Waals surface area contributed by atoms with Gasteiger partial charge < -0.3 is 9.47 Å². The first kappa shape index (κ1) is 22.0. The molecule has 5 nitrogen and oxygen atoms in total. The summed E-state index contributed by atoms with van der Waals surface area (Å²) >= 11 is 0. The van der Waals surface area contributed by atoms with Gasteiger partial charge in [0.05, 0.1) is 10.6 Å². The summed E-state index contributed by atoms with van der Waals surface area (Å²) in [6, 6.07) is 13.0. The van der Waals surface area contributed by atoms with Gasteiger partial charge in [-0.15, -0.1) is 0 Å². The minimum absolute atomic E-state index is 0.0512. The van der Waals surface area contributed by atoms with E-state index in [4.69, 9.17) is 0 Å². The molecule has 3 rings (SSSR count). The number of unbranched alkanes of at least 4 members (excludes halogenated alkanes) is 1. The normalized spacial score (nSPS) is 11.7. The highest BCUT2D eigenvalue weighted by Gasteiger charge is 2.24. The number of benzene rings is 2. The highest BCUT2D eigenvalue weighted by molar-refractivity contribution is 7.90. The van der Waals surface area contributed by atoms with Crippen LogP contribution in [0.25, 0.3) is 10.9 Å². The highest BCUT2D eigenvalue weighted by atomic mass is 32.2. The summed E-state index contributed by atoms with van der Waals surface area (Å²) in [5, 5.41) is 0.540. The van der Waals surface area contributed by atoms with E-state index >= 15 is 0 Å². The minimum atomic E-state index is -3.80. The molecule has 0 spiro atoms. The largest absolute Gasteiger partial charge is 0.341 e. The number of para-hydroxylation sites is 1. The van der Waals surface area contributed by atoms with Crippen molar-refractivity contribution in [1.29, 1.82) is 0 Å². The Morgan fingerprint density at radius 2 is 1.77 bits per heavy atom. The molecule has 0 aliphatic carbocycles. The van der Waals surface area contributed by atoms with Crippen LogP contribution in [-0.2, 0) is 26.9 Å². The molecule has 3 aromatic rings. The zero-order chi connectivity index (χ0) is 21.7. The summed E-state index contributed by atoms with van der Waals surface area (Å²) in [4.78, 5) is 14.7. The zero-order valence-electron chi connectivity index (χ0n) is 17.3. The number of halogens is 1. The average Bonchev–Trinajstić information content (AvgIpc) is 3.10. The van der Waals surface area contributed by atoms with Crippen LogP contribution in [0.4, 0.5) is 4.39 Å². The lowest BCUT2D eigenvalue weighted by Gasteiger charge is -2.21. The molecule has 0 saturated carbocycles. The highest BCUT2D eigenvalue weighted by Crippen LogP contribution is 2.28. The second-order valence-electron chi connectivity index (χ2n) is 7.32. The van der Waals surface area contributed by atoms with Crippen molar-refractivity contribution in [3.8, 4) is 0 Å². The van der Waals surface area contributed by atoms with E-state index in [0.29, 0.717) is 24.0 Å². The topological polar surface area (TPSA) is 59.4 Å². The fraction of sp³-hybridized carbons (Fsp3) is 0.348. The molecule has 0 saturated heterocycles. The number of carbonyl (C=O) groups excluding carboxylic acids is 1. The molecule has 7 heteroatoms. The first-order valence-electron chi connectivity index (χ1n) is 10.2. The first-order valence-corrected chi connectivity index (χ1v) is 11.8. The van der Waals surface area contributed by atoms with Crippen LogP contribution < -0.4 is 0 Å². The smallest absolute Gasteiger partial charge is 0.242 e. The van der Waals surface area contributed by atoms with E-state index in [1.54, 1.807) is 33.7 Å². The molecule has 0 radical (unpaired) electrons. The number of likely N-dealkylation sites (N-methyl/N-ethyl adjacent to an activating group) is 1. The predicted molar refractivity (Wildman–Crippen MR) is 116 cm³/mol. The summed E-state index contributed by atoms with van der Waals surface area (Å²) in [7, 11) is -3.80. The van der Waals surface area contributed by atoms with Gasteiger partial charge in [0.15, 0.2) is 9.84 Å². The molecular formula is C23H27FN2O3S. The van der Waals surface area contributed by atoms with Crippen LogP contribution >= 0.6 is 0 Å². The van der Waals surface area contributed by atoms with Crippen LogP contribution in [0, 0.1) is 5.82 Å². The Balaban J connectivity index is 1.96. The lowest BCUT2D eigenvalue weighted by molar-refractivity contribution is -0.131. The van der Waals surface area contributed by atoms with E-state index in [9.17, 15) is 17.6 Å². The Morgan fingerprint density at radius 1 is 1.07 bits per heavy atom. The summed E-state index contributed by atoms with van der Waals surface area (Å²) < 4.78 is 42.0. The molecule has 1 aromatic heterocycles. The minimum Gasteiger partial charge on any atom is -0.341 e. The van der Waals surface area contributed by atoms with Crippen molar-refractivity contribution in [3.63, 3.8) is 0 Å². The van der Waals surface area contributed by atoms with E-state index in [1.807, 2.05) is 13.0 Å². The third-order valence-corrected chi connectivity index (χ3v) is 6.90. The van der Waals surface area contributed by atoms with Gasteiger partial charge in [0.2, 0.25) is 5.91 Å². The molecule has 30 heavy (non-hydrogen) atoms. The monoisotopic (exact) mass is 430 g/mol. The Bertz CT molecular complexity index is 1140. The molecule has 0 atom stereocenters. The van der Waals surface area contributed by atoms with Gasteiger partial charge in [-0.25, -0.2) is 12.8 Å². The molecule has 0 N–H and O–H groups in total. The number of nitrogens with zero attached hydrogens (tertiary/aromatic N) is 2. The Labute approximate surface area is 177 Å². The van der Waals surface area contributed by atoms with Crippen molar-refractivity contribution >= 4 is 26.6 Å². The fourth-order valence-corrected chi connectivity index (χ4v) is 5.14. The van der Waals surface area contributed by atoms with Crippen molar-refractivity contribution < 1.29 is 17.6 Å². The van der Waals surface area contributed by atoms with Crippen molar-refractivity contribution in [3.05, 3.63) is 66.1 Å². The maximum absolute atomic E-state index is 14.0. The van der Waals surface area contributed by atoms with Crippen LogP contribution in [0.5, 0.6) is 0 Å². The van der Waals surface area contributed by atoms with Gasteiger partial charge in [-0.05, 0) is 25.5 Å². The Morgan fingerprint density at radius 3 is 2.47 bits per heavy atom.